The molecule has 0 aliphatic heterocycles. The van der Waals surface area contributed by atoms with Crippen LogP contribution in [-0.4, -0.2) is 0 Å². The maximum absolute atomic E-state index is 2.89. The van der Waals surface area contributed by atoms with Gasteiger partial charge in [0.1, 0.15) is 0 Å². The van der Waals surface area contributed by atoms with Crippen LogP contribution in [0.15, 0.2) is 60.7 Å². The monoisotopic (exact) mass is 332 g/mol. The predicted molar refractivity (Wildman–Crippen MR) is 93.6 cm³/mol. The molecule has 0 amide bonds. The van der Waals surface area contributed by atoms with Crippen molar-refractivity contribution in [2.45, 2.75) is 0 Å². The smallest absolute Gasteiger partial charge is 0.184 e. The molecule has 0 atom stereocenters. The average molecular weight is 332 g/mol. The molecule has 0 aromatic heterocycles. The first-order valence-corrected chi connectivity index (χ1v) is 7.15. The Balaban J connectivity index is 0.000000278. The summed E-state index contributed by atoms with van der Waals surface area (Å²) < 4.78 is 0. The van der Waals surface area contributed by atoms with E-state index in [0.717, 1.165) is 0 Å². The number of benzene rings is 2. The fourth-order valence-corrected chi connectivity index (χ4v) is 1.33. The first-order valence-electron chi connectivity index (χ1n) is 7.15. The van der Waals surface area contributed by atoms with E-state index in [0.29, 0.717) is 0 Å². The van der Waals surface area contributed by atoms with Gasteiger partial charge < -0.3 is 0 Å². The summed E-state index contributed by atoms with van der Waals surface area (Å²) in [4.78, 5) is 0. The van der Waals surface area contributed by atoms with E-state index in [9.17, 15) is 0 Å². The van der Waals surface area contributed by atoms with Gasteiger partial charge in [0, 0.05) is 0 Å². The molecule has 0 bridgehead atoms. The van der Waals surface area contributed by atoms with Crippen LogP contribution in [0.2, 0.25) is 0 Å². The van der Waals surface area contributed by atoms with Crippen LogP contribution < -0.4 is 0 Å². The van der Waals surface area contributed by atoms with Crippen LogP contribution >= 0.6 is 0 Å². The average Bonchev–Trinajstić information content (AvgIpc) is 3.37. The van der Waals surface area contributed by atoms with Crippen LogP contribution in [0.1, 0.15) is 0 Å². The summed E-state index contributed by atoms with van der Waals surface area (Å²) in [5.41, 5.74) is 0. The Hall–Kier alpha value is -0.846. The summed E-state index contributed by atoms with van der Waals surface area (Å²) in [6.07, 6.45) is 20.0. The molecule has 10 radical (unpaired) electrons. The van der Waals surface area contributed by atoms with Gasteiger partial charge in [-0.25, -0.2) is 0 Å². The van der Waals surface area contributed by atoms with Crippen molar-refractivity contribution in [3.63, 3.8) is 0 Å². The molecule has 0 spiro atoms. The fourth-order valence-electron chi connectivity index (χ4n) is 1.33. The zero-order valence-corrected chi connectivity index (χ0v) is 14.6. The molecule has 0 saturated heterocycles. The number of hydrogen-bond donors (Lipinski definition) is 0. The molecular formula is C22H20Ti+2. The Morgan fingerprint density at radius 1 is 0.304 bits per heavy atom. The van der Waals surface area contributed by atoms with Crippen molar-refractivity contribution in [1.82, 2.24) is 0 Å². The van der Waals surface area contributed by atoms with Gasteiger partial charge >= 0.3 is 21.7 Å². The van der Waals surface area contributed by atoms with Gasteiger partial charge in [-0.1, -0.05) is 0 Å². The zero-order valence-electron chi connectivity index (χ0n) is 13.0. The first-order chi connectivity index (χ1) is 11.0. The maximum Gasteiger partial charge on any atom is 4.00 e. The Kier molecular flexibility index (Phi) is 18.5. The third-order valence-electron chi connectivity index (χ3n) is 2.33. The third kappa shape index (κ3) is 17.3. The molecule has 2 saturated carbocycles. The Bertz CT molecular complexity index is 281. The molecule has 0 N–H and O–H groups in total. The molecule has 0 heterocycles. The van der Waals surface area contributed by atoms with Crippen LogP contribution in [0.5, 0.6) is 0 Å². The maximum atomic E-state index is 2.89. The number of rotatable bonds is 0. The van der Waals surface area contributed by atoms with E-state index in [1.165, 1.54) is 0 Å². The largest absolute Gasteiger partial charge is 4.00 e. The van der Waals surface area contributed by atoms with Crippen LogP contribution in [-0.2, 0) is 21.7 Å². The van der Waals surface area contributed by atoms with Gasteiger partial charge in [0.05, 0.1) is 0 Å². The summed E-state index contributed by atoms with van der Waals surface area (Å²) in [7, 11) is 0. The molecule has 2 fully saturated rings. The molecule has 23 heavy (non-hydrogen) atoms. The minimum atomic E-state index is 0. The molecule has 2 aromatic carbocycles. The van der Waals surface area contributed by atoms with Crippen molar-refractivity contribution in [1.29, 1.82) is 0 Å². The van der Waals surface area contributed by atoms with E-state index in [-0.39, 0.29) is 21.7 Å². The van der Waals surface area contributed by atoms with Crippen LogP contribution in [0, 0.1) is 76.3 Å². The van der Waals surface area contributed by atoms with Crippen molar-refractivity contribution in [3.05, 3.63) is 137 Å². The SMILES string of the molecule is [CH]1[CH][CH][CH][CH]1.[CH]1[CH][CH][CH][CH]1.[Ti+4].[c-]1ccccc1.[c-]1ccccc1. The molecule has 110 valence electrons. The first kappa shape index (κ1) is 22.2. The van der Waals surface area contributed by atoms with Gasteiger partial charge in [0.25, 0.3) is 0 Å². The topological polar surface area (TPSA) is 0 Å². The fraction of sp³-hybridized carbons (Fsp3) is 0. The van der Waals surface area contributed by atoms with E-state index in [2.05, 4.69) is 12.1 Å². The normalized spacial score (nSPS) is 14.6. The Morgan fingerprint density at radius 2 is 0.522 bits per heavy atom. The zero-order chi connectivity index (χ0) is 15.6. The molecule has 2 aromatic rings. The quantitative estimate of drug-likeness (QED) is 0.470. The van der Waals surface area contributed by atoms with E-state index < -0.39 is 0 Å². The molecule has 0 unspecified atom stereocenters. The van der Waals surface area contributed by atoms with Crippen molar-refractivity contribution >= 4 is 0 Å². The van der Waals surface area contributed by atoms with Crippen LogP contribution in [0.25, 0.3) is 0 Å². The summed E-state index contributed by atoms with van der Waals surface area (Å²) in [6.45, 7) is 0. The van der Waals surface area contributed by atoms with Crippen molar-refractivity contribution in [2.75, 3.05) is 0 Å². The second-order valence-electron chi connectivity index (χ2n) is 4.08. The summed E-state index contributed by atoms with van der Waals surface area (Å²) >= 11 is 0. The van der Waals surface area contributed by atoms with E-state index >= 15 is 0 Å². The van der Waals surface area contributed by atoms with Gasteiger partial charge in [-0.2, -0.15) is 72.8 Å². The summed E-state index contributed by atoms with van der Waals surface area (Å²) in [5.74, 6) is 0. The van der Waals surface area contributed by atoms with Crippen molar-refractivity contribution < 1.29 is 21.7 Å². The van der Waals surface area contributed by atoms with Gasteiger partial charge in [-0.05, 0) is 64.2 Å². The van der Waals surface area contributed by atoms with E-state index in [1.54, 1.807) is 0 Å². The minimum Gasteiger partial charge on any atom is -0.184 e. The minimum absolute atomic E-state index is 0. The molecule has 4 rings (SSSR count). The molecule has 0 nitrogen and oxygen atoms in total. The second kappa shape index (κ2) is 19.2. The molecule has 2 aliphatic rings. The second-order valence-corrected chi connectivity index (χ2v) is 4.08. The summed E-state index contributed by atoms with van der Waals surface area (Å²) in [6, 6.07) is 25.0. The van der Waals surface area contributed by atoms with E-state index in [1.807, 2.05) is 125 Å². The van der Waals surface area contributed by atoms with Crippen LogP contribution in [0.3, 0.4) is 0 Å². The van der Waals surface area contributed by atoms with Gasteiger partial charge in [0.2, 0.25) is 0 Å². The molecule has 1 heteroatoms. The van der Waals surface area contributed by atoms with Gasteiger partial charge in [-0.15, -0.1) is 0 Å². The van der Waals surface area contributed by atoms with Gasteiger partial charge in [0.15, 0.2) is 0 Å². The predicted octanol–water partition coefficient (Wildman–Crippen LogP) is 5.01. The van der Waals surface area contributed by atoms with Crippen molar-refractivity contribution in [3.8, 4) is 0 Å². The van der Waals surface area contributed by atoms with Crippen molar-refractivity contribution in [2.24, 2.45) is 0 Å². The Morgan fingerprint density at radius 3 is 0.609 bits per heavy atom. The van der Waals surface area contributed by atoms with Gasteiger partial charge in [-0.3, -0.25) is 0 Å². The molecule has 2 aliphatic carbocycles. The number of hydrogen-bond acceptors (Lipinski definition) is 0. The standard InChI is InChI=1S/2C6H5.2C5H5.Ti/c2*1-2-4-6-5-3-1;2*1-2-4-5-3-1;/h2*1-5H;2*1-5H;/q2*-1;;;+4. The molecular weight excluding hydrogens is 312 g/mol. The Labute approximate surface area is 158 Å². The summed E-state index contributed by atoms with van der Waals surface area (Å²) in [5, 5.41) is 0. The van der Waals surface area contributed by atoms with E-state index in [4.69, 9.17) is 0 Å². The van der Waals surface area contributed by atoms with Crippen LogP contribution in [0.4, 0.5) is 0 Å². The third-order valence-corrected chi connectivity index (χ3v) is 2.33.